The molecule has 0 aromatic rings. The Hall–Kier alpha value is -1.57. The summed E-state index contributed by atoms with van der Waals surface area (Å²) in [7, 11) is 0. The van der Waals surface area contributed by atoms with E-state index in [1.165, 1.54) is 22.3 Å². The first kappa shape index (κ1) is 11.9. The van der Waals surface area contributed by atoms with Gasteiger partial charge in [-0.1, -0.05) is 31.2 Å². The third-order valence-electron chi connectivity index (χ3n) is 3.75. The molecule has 2 unspecified atom stereocenters. The topological polar surface area (TPSA) is 37.3 Å². The number of hydrogen-bond donors (Lipinski definition) is 1. The molecule has 2 aliphatic carbocycles. The molecular formula is C15H18O2. The molecule has 0 saturated carbocycles. The smallest absolute Gasteiger partial charge is 0.306 e. The molecule has 0 fully saturated rings. The molecule has 0 amide bonds. The van der Waals surface area contributed by atoms with E-state index in [2.05, 4.69) is 38.2 Å². The second-order valence-electron chi connectivity index (χ2n) is 4.92. The molecule has 2 rings (SSSR count). The lowest BCUT2D eigenvalue weighted by atomic mass is 9.89. The molecule has 0 radical (unpaired) electrons. The first-order valence-corrected chi connectivity index (χ1v) is 6.01. The van der Waals surface area contributed by atoms with Gasteiger partial charge < -0.3 is 5.11 Å². The molecule has 0 heterocycles. The van der Waals surface area contributed by atoms with Crippen molar-refractivity contribution in [2.75, 3.05) is 0 Å². The minimum absolute atomic E-state index is 0.0878. The van der Waals surface area contributed by atoms with Crippen LogP contribution in [0.2, 0.25) is 0 Å². The first-order valence-electron chi connectivity index (χ1n) is 6.01. The SMILES string of the molecule is CC1=CC=C2C(C)=CCC(C(C)C(=O)O)C=C12. The highest BCUT2D eigenvalue weighted by Gasteiger charge is 2.25. The summed E-state index contributed by atoms with van der Waals surface area (Å²) in [5.74, 6) is -0.964. The maximum absolute atomic E-state index is 11.1. The van der Waals surface area contributed by atoms with Crippen LogP contribution in [0.5, 0.6) is 0 Å². The number of rotatable bonds is 2. The van der Waals surface area contributed by atoms with Crippen LogP contribution in [0.25, 0.3) is 0 Å². The van der Waals surface area contributed by atoms with Crippen LogP contribution in [0.3, 0.4) is 0 Å². The molecule has 0 aliphatic heterocycles. The average Bonchev–Trinajstić information content (AvgIpc) is 2.55. The Labute approximate surface area is 102 Å². The van der Waals surface area contributed by atoms with Crippen LogP contribution >= 0.6 is 0 Å². The van der Waals surface area contributed by atoms with Crippen LogP contribution in [-0.4, -0.2) is 11.1 Å². The Morgan fingerprint density at radius 2 is 2.00 bits per heavy atom. The van der Waals surface area contributed by atoms with E-state index < -0.39 is 5.97 Å². The van der Waals surface area contributed by atoms with E-state index >= 15 is 0 Å². The second kappa shape index (κ2) is 4.36. The van der Waals surface area contributed by atoms with Crippen LogP contribution < -0.4 is 0 Å². The predicted molar refractivity (Wildman–Crippen MR) is 68.6 cm³/mol. The summed E-state index contributed by atoms with van der Waals surface area (Å²) in [6.45, 7) is 5.96. The largest absolute Gasteiger partial charge is 0.481 e. The molecule has 2 nitrogen and oxygen atoms in total. The van der Waals surface area contributed by atoms with Gasteiger partial charge in [0.05, 0.1) is 5.92 Å². The number of allylic oxidation sites excluding steroid dienone is 8. The van der Waals surface area contributed by atoms with Gasteiger partial charge in [0.2, 0.25) is 0 Å². The van der Waals surface area contributed by atoms with Crippen molar-refractivity contribution in [2.24, 2.45) is 11.8 Å². The van der Waals surface area contributed by atoms with E-state index in [1.54, 1.807) is 6.92 Å². The van der Waals surface area contributed by atoms with Gasteiger partial charge in [0.1, 0.15) is 0 Å². The number of aliphatic carboxylic acids is 1. The Kier molecular flexibility index (Phi) is 3.05. The summed E-state index contributed by atoms with van der Waals surface area (Å²) >= 11 is 0. The molecule has 0 aromatic heterocycles. The van der Waals surface area contributed by atoms with Crippen LogP contribution in [-0.2, 0) is 4.79 Å². The number of carboxylic acid groups (broad SMARTS) is 1. The Bertz CT molecular complexity index is 475. The minimum atomic E-state index is -0.718. The molecule has 2 heteroatoms. The number of hydrogen-bond acceptors (Lipinski definition) is 1. The number of fused-ring (bicyclic) bond motifs is 1. The third kappa shape index (κ3) is 2.12. The van der Waals surface area contributed by atoms with E-state index in [0.29, 0.717) is 0 Å². The molecule has 0 aromatic carbocycles. The van der Waals surface area contributed by atoms with Gasteiger partial charge in [0.25, 0.3) is 0 Å². The molecule has 2 atom stereocenters. The van der Waals surface area contributed by atoms with Gasteiger partial charge in [-0.2, -0.15) is 0 Å². The lowest BCUT2D eigenvalue weighted by Gasteiger charge is -2.15. The van der Waals surface area contributed by atoms with Gasteiger partial charge in [-0.3, -0.25) is 4.79 Å². The van der Waals surface area contributed by atoms with Gasteiger partial charge in [-0.25, -0.2) is 0 Å². The van der Waals surface area contributed by atoms with Crippen LogP contribution in [0.4, 0.5) is 0 Å². The van der Waals surface area contributed by atoms with Gasteiger partial charge in [-0.05, 0) is 48.5 Å². The van der Waals surface area contributed by atoms with E-state index in [0.717, 1.165) is 6.42 Å². The van der Waals surface area contributed by atoms with Crippen LogP contribution in [0.1, 0.15) is 27.2 Å². The van der Waals surface area contributed by atoms with Gasteiger partial charge in [-0.15, -0.1) is 0 Å². The Morgan fingerprint density at radius 1 is 1.29 bits per heavy atom. The van der Waals surface area contributed by atoms with Crippen molar-refractivity contribution < 1.29 is 9.90 Å². The van der Waals surface area contributed by atoms with Crippen molar-refractivity contribution in [1.82, 2.24) is 0 Å². The molecule has 0 spiro atoms. The van der Waals surface area contributed by atoms with Crippen LogP contribution in [0, 0.1) is 11.8 Å². The number of carboxylic acids is 1. The van der Waals surface area contributed by atoms with E-state index in [1.807, 2.05) is 0 Å². The summed E-state index contributed by atoms with van der Waals surface area (Å²) in [5.41, 5.74) is 4.96. The average molecular weight is 230 g/mol. The fourth-order valence-corrected chi connectivity index (χ4v) is 2.40. The highest BCUT2D eigenvalue weighted by atomic mass is 16.4. The van der Waals surface area contributed by atoms with Gasteiger partial charge >= 0.3 is 5.97 Å². The molecular weight excluding hydrogens is 212 g/mol. The maximum atomic E-state index is 11.1. The molecule has 90 valence electrons. The third-order valence-corrected chi connectivity index (χ3v) is 3.75. The van der Waals surface area contributed by atoms with E-state index in [9.17, 15) is 4.79 Å². The van der Waals surface area contributed by atoms with E-state index in [-0.39, 0.29) is 11.8 Å². The second-order valence-corrected chi connectivity index (χ2v) is 4.92. The zero-order chi connectivity index (χ0) is 12.6. The van der Waals surface area contributed by atoms with Gasteiger partial charge in [0, 0.05) is 0 Å². The Morgan fingerprint density at radius 3 is 2.65 bits per heavy atom. The summed E-state index contributed by atoms with van der Waals surface area (Å²) in [4.78, 5) is 11.1. The standard InChI is InChI=1S/C15H18O2/c1-9-4-6-12(11(3)15(16)17)8-14-10(2)5-7-13(9)14/h4-5,7-8,11-12H,6H2,1-3H3,(H,16,17). The molecule has 0 bridgehead atoms. The fraction of sp³-hybridized carbons (Fsp3) is 0.400. The zero-order valence-electron chi connectivity index (χ0n) is 10.5. The van der Waals surface area contributed by atoms with Crippen LogP contribution in [0.15, 0.2) is 46.6 Å². The predicted octanol–water partition coefficient (Wildman–Crippen LogP) is 3.49. The van der Waals surface area contributed by atoms with E-state index in [4.69, 9.17) is 5.11 Å². The molecule has 2 aliphatic rings. The van der Waals surface area contributed by atoms with Crippen molar-refractivity contribution >= 4 is 5.97 Å². The highest BCUT2D eigenvalue weighted by Crippen LogP contribution is 2.37. The first-order chi connectivity index (χ1) is 8.00. The van der Waals surface area contributed by atoms with Crippen molar-refractivity contribution in [2.45, 2.75) is 27.2 Å². The number of carbonyl (C=O) groups is 1. The van der Waals surface area contributed by atoms with Crippen molar-refractivity contribution in [3.8, 4) is 0 Å². The monoisotopic (exact) mass is 230 g/mol. The maximum Gasteiger partial charge on any atom is 0.306 e. The minimum Gasteiger partial charge on any atom is -0.481 e. The molecule has 0 saturated heterocycles. The van der Waals surface area contributed by atoms with Gasteiger partial charge in [0.15, 0.2) is 0 Å². The lowest BCUT2D eigenvalue weighted by Crippen LogP contribution is -2.18. The lowest BCUT2D eigenvalue weighted by molar-refractivity contribution is -0.142. The zero-order valence-corrected chi connectivity index (χ0v) is 10.5. The fourth-order valence-electron chi connectivity index (χ4n) is 2.40. The highest BCUT2D eigenvalue weighted by molar-refractivity contribution is 5.71. The molecule has 17 heavy (non-hydrogen) atoms. The normalized spacial score (nSPS) is 25.0. The summed E-state index contributed by atoms with van der Waals surface area (Å²) < 4.78 is 0. The quantitative estimate of drug-likeness (QED) is 0.788. The van der Waals surface area contributed by atoms with Crippen molar-refractivity contribution in [1.29, 1.82) is 0 Å². The Balaban J connectivity index is 2.38. The summed E-state index contributed by atoms with van der Waals surface area (Å²) in [6, 6.07) is 0. The van der Waals surface area contributed by atoms with Crippen molar-refractivity contribution in [3.63, 3.8) is 0 Å². The summed E-state index contributed by atoms with van der Waals surface area (Å²) in [6.07, 6.45) is 9.34. The summed E-state index contributed by atoms with van der Waals surface area (Å²) in [5, 5.41) is 9.12. The van der Waals surface area contributed by atoms with Crippen molar-refractivity contribution in [3.05, 3.63) is 46.6 Å². The molecule has 1 N–H and O–H groups in total.